The van der Waals surface area contributed by atoms with Crippen LogP contribution < -0.4 is 14.8 Å². The van der Waals surface area contributed by atoms with Crippen molar-refractivity contribution in [1.82, 2.24) is 10.2 Å². The van der Waals surface area contributed by atoms with Crippen molar-refractivity contribution in [2.75, 3.05) is 32.8 Å². The first-order valence-corrected chi connectivity index (χ1v) is 12.3. The van der Waals surface area contributed by atoms with Crippen LogP contribution in [-0.2, 0) is 17.6 Å². The quantitative estimate of drug-likeness (QED) is 0.543. The Balaban J connectivity index is 1.23. The largest absolute Gasteiger partial charge is 0.486 e. The van der Waals surface area contributed by atoms with E-state index in [2.05, 4.69) is 58.7 Å². The second kappa shape index (κ2) is 10.7. The second-order valence-corrected chi connectivity index (χ2v) is 9.19. The van der Waals surface area contributed by atoms with Gasteiger partial charge in [0.1, 0.15) is 13.2 Å². The van der Waals surface area contributed by atoms with E-state index in [1.807, 2.05) is 24.3 Å². The zero-order chi connectivity index (χ0) is 23.2. The number of nitrogens with one attached hydrogen (secondary N) is 1. The normalized spacial score (nSPS) is 16.2. The molecule has 0 saturated carbocycles. The number of fused-ring (bicyclic) bond motifs is 1. The minimum atomic E-state index is 0.0525. The molecule has 1 saturated heterocycles. The first-order chi connectivity index (χ1) is 16.7. The Kier molecular flexibility index (Phi) is 7.10. The first-order valence-electron chi connectivity index (χ1n) is 12.3. The van der Waals surface area contributed by atoms with E-state index in [1.54, 1.807) is 0 Å². The number of nitrogens with zero attached hydrogens (tertiary/aromatic N) is 1. The van der Waals surface area contributed by atoms with E-state index in [4.69, 9.17) is 9.47 Å². The predicted molar refractivity (Wildman–Crippen MR) is 134 cm³/mol. The molecule has 0 radical (unpaired) electrons. The number of carbonyl (C=O) groups is 1. The van der Waals surface area contributed by atoms with E-state index in [0.29, 0.717) is 19.6 Å². The molecular weight excluding hydrogens is 424 g/mol. The summed E-state index contributed by atoms with van der Waals surface area (Å²) in [7, 11) is 0. The fraction of sp³-hybridized carbons (Fsp3) is 0.345. The van der Waals surface area contributed by atoms with Gasteiger partial charge in [0.25, 0.3) is 0 Å². The standard InChI is InChI=1S/C29H32N2O3/c32-29(20-22-8-11-25(12-9-22)24-6-2-1-3-7-24)30-26(21-31-14-4-5-15-31)18-23-10-13-27-28(19-23)34-17-16-33-27/h1-3,6-13,19,26H,4-5,14-18,20-21H2,(H,30,32). The van der Waals surface area contributed by atoms with E-state index in [0.717, 1.165) is 54.2 Å². The average molecular weight is 457 g/mol. The van der Waals surface area contributed by atoms with Crippen LogP contribution in [0.2, 0.25) is 0 Å². The van der Waals surface area contributed by atoms with Gasteiger partial charge in [-0.05, 0) is 66.7 Å². The topological polar surface area (TPSA) is 50.8 Å². The van der Waals surface area contributed by atoms with Crippen molar-refractivity contribution >= 4 is 5.91 Å². The number of benzene rings is 3. The van der Waals surface area contributed by atoms with Crippen LogP contribution in [0.25, 0.3) is 11.1 Å². The van der Waals surface area contributed by atoms with E-state index in [-0.39, 0.29) is 11.9 Å². The molecule has 0 bridgehead atoms. The molecule has 3 aromatic carbocycles. The van der Waals surface area contributed by atoms with Gasteiger partial charge in [0.2, 0.25) is 5.91 Å². The molecule has 1 amide bonds. The van der Waals surface area contributed by atoms with Crippen LogP contribution >= 0.6 is 0 Å². The van der Waals surface area contributed by atoms with Crippen molar-refractivity contribution < 1.29 is 14.3 Å². The lowest BCUT2D eigenvalue weighted by Crippen LogP contribution is -2.45. The average Bonchev–Trinajstić information content (AvgIpc) is 3.38. The van der Waals surface area contributed by atoms with Crippen molar-refractivity contribution in [3.05, 3.63) is 83.9 Å². The fourth-order valence-corrected chi connectivity index (χ4v) is 4.85. The molecular formula is C29H32N2O3. The molecule has 1 unspecified atom stereocenters. The van der Waals surface area contributed by atoms with Crippen LogP contribution in [0.3, 0.4) is 0 Å². The highest BCUT2D eigenvalue weighted by Crippen LogP contribution is 2.31. The molecule has 5 rings (SSSR count). The third-order valence-corrected chi connectivity index (χ3v) is 6.56. The molecule has 2 aliphatic heterocycles. The first kappa shape index (κ1) is 22.5. The number of hydrogen-bond acceptors (Lipinski definition) is 4. The smallest absolute Gasteiger partial charge is 0.224 e. The minimum absolute atomic E-state index is 0.0525. The molecule has 5 heteroatoms. The number of amides is 1. The maximum absolute atomic E-state index is 13.0. The summed E-state index contributed by atoms with van der Waals surface area (Å²) >= 11 is 0. The molecule has 1 fully saturated rings. The third kappa shape index (κ3) is 5.78. The molecule has 1 N–H and O–H groups in total. The number of carbonyl (C=O) groups excluding carboxylic acids is 1. The highest BCUT2D eigenvalue weighted by atomic mass is 16.6. The zero-order valence-electron chi connectivity index (χ0n) is 19.5. The van der Waals surface area contributed by atoms with Gasteiger partial charge in [-0.1, -0.05) is 60.7 Å². The molecule has 2 aliphatic rings. The van der Waals surface area contributed by atoms with Crippen molar-refractivity contribution in [3.63, 3.8) is 0 Å². The van der Waals surface area contributed by atoms with Crippen molar-refractivity contribution in [2.45, 2.75) is 31.7 Å². The molecule has 5 nitrogen and oxygen atoms in total. The van der Waals surface area contributed by atoms with Crippen LogP contribution in [0, 0.1) is 0 Å². The van der Waals surface area contributed by atoms with Crippen molar-refractivity contribution in [2.24, 2.45) is 0 Å². The monoisotopic (exact) mass is 456 g/mol. The maximum atomic E-state index is 13.0. The molecule has 0 aromatic heterocycles. The Bertz CT molecular complexity index is 1090. The summed E-state index contributed by atoms with van der Waals surface area (Å²) < 4.78 is 11.4. The zero-order valence-corrected chi connectivity index (χ0v) is 19.5. The minimum Gasteiger partial charge on any atom is -0.486 e. The number of ether oxygens (including phenoxy) is 2. The number of hydrogen-bond donors (Lipinski definition) is 1. The highest BCUT2D eigenvalue weighted by molar-refractivity contribution is 5.79. The lowest BCUT2D eigenvalue weighted by Gasteiger charge is -2.25. The fourth-order valence-electron chi connectivity index (χ4n) is 4.85. The molecule has 2 heterocycles. The molecule has 3 aromatic rings. The van der Waals surface area contributed by atoms with E-state index in [9.17, 15) is 4.79 Å². The van der Waals surface area contributed by atoms with Crippen LogP contribution in [0.5, 0.6) is 11.5 Å². The van der Waals surface area contributed by atoms with E-state index < -0.39 is 0 Å². The lowest BCUT2D eigenvalue weighted by atomic mass is 10.0. The molecule has 1 atom stereocenters. The van der Waals surface area contributed by atoms with Gasteiger partial charge in [-0.2, -0.15) is 0 Å². The number of rotatable bonds is 8. The van der Waals surface area contributed by atoms with E-state index in [1.165, 1.54) is 18.4 Å². The van der Waals surface area contributed by atoms with Crippen LogP contribution in [0.15, 0.2) is 72.8 Å². The third-order valence-electron chi connectivity index (χ3n) is 6.56. The van der Waals surface area contributed by atoms with Crippen molar-refractivity contribution in [1.29, 1.82) is 0 Å². The summed E-state index contributed by atoms with van der Waals surface area (Å²) in [6.45, 7) is 4.25. The summed E-state index contributed by atoms with van der Waals surface area (Å²) in [6, 6.07) is 24.8. The summed E-state index contributed by atoms with van der Waals surface area (Å²) in [5.74, 6) is 1.66. The molecule has 0 aliphatic carbocycles. The van der Waals surface area contributed by atoms with Gasteiger partial charge in [0, 0.05) is 12.6 Å². The Hall–Kier alpha value is -3.31. The Morgan fingerprint density at radius 3 is 2.26 bits per heavy atom. The maximum Gasteiger partial charge on any atom is 0.224 e. The summed E-state index contributed by atoms with van der Waals surface area (Å²) in [4.78, 5) is 15.5. The second-order valence-electron chi connectivity index (χ2n) is 9.19. The van der Waals surface area contributed by atoms with Gasteiger partial charge < -0.3 is 19.7 Å². The van der Waals surface area contributed by atoms with Crippen LogP contribution in [0.4, 0.5) is 0 Å². The van der Waals surface area contributed by atoms with Gasteiger partial charge in [0.15, 0.2) is 11.5 Å². The van der Waals surface area contributed by atoms with Crippen molar-refractivity contribution in [3.8, 4) is 22.6 Å². The SMILES string of the molecule is O=C(Cc1ccc(-c2ccccc2)cc1)NC(Cc1ccc2c(c1)OCCO2)CN1CCCC1. The van der Waals surface area contributed by atoms with Crippen LogP contribution in [-0.4, -0.2) is 49.7 Å². The summed E-state index contributed by atoms with van der Waals surface area (Å²) in [6.07, 6.45) is 3.62. The molecule has 0 spiro atoms. The van der Waals surface area contributed by atoms with Gasteiger partial charge in [-0.3, -0.25) is 4.79 Å². The van der Waals surface area contributed by atoms with Gasteiger partial charge in [-0.15, -0.1) is 0 Å². The summed E-state index contributed by atoms with van der Waals surface area (Å²) in [5, 5.41) is 3.31. The van der Waals surface area contributed by atoms with Gasteiger partial charge >= 0.3 is 0 Å². The highest BCUT2D eigenvalue weighted by Gasteiger charge is 2.21. The summed E-state index contributed by atoms with van der Waals surface area (Å²) in [5.41, 5.74) is 4.52. The lowest BCUT2D eigenvalue weighted by molar-refractivity contribution is -0.121. The van der Waals surface area contributed by atoms with Gasteiger partial charge in [0.05, 0.1) is 6.42 Å². The Labute approximate surface area is 201 Å². The predicted octanol–water partition coefficient (Wildman–Crippen LogP) is 4.49. The molecule has 34 heavy (non-hydrogen) atoms. The van der Waals surface area contributed by atoms with Gasteiger partial charge in [-0.25, -0.2) is 0 Å². The van der Waals surface area contributed by atoms with Crippen LogP contribution in [0.1, 0.15) is 24.0 Å². The molecule has 176 valence electrons. The number of likely N-dealkylation sites (tertiary alicyclic amines) is 1. The van der Waals surface area contributed by atoms with E-state index >= 15 is 0 Å². The Morgan fingerprint density at radius 2 is 1.50 bits per heavy atom. The Morgan fingerprint density at radius 1 is 0.824 bits per heavy atom.